The van der Waals surface area contributed by atoms with Gasteiger partial charge in [-0.1, -0.05) is 25.1 Å². The number of carbonyl (C=O) groups is 1. The Morgan fingerprint density at radius 1 is 1.33 bits per heavy atom. The second-order valence-corrected chi connectivity index (χ2v) is 4.63. The minimum Gasteiger partial charge on any atom is -0.323 e. The van der Waals surface area contributed by atoms with Crippen molar-refractivity contribution in [2.45, 2.75) is 19.9 Å². The smallest absolute Gasteiger partial charge is 0.323 e. The van der Waals surface area contributed by atoms with Crippen LogP contribution in [0.25, 0.3) is 0 Å². The van der Waals surface area contributed by atoms with Crippen LogP contribution in [0, 0.1) is 0 Å². The summed E-state index contributed by atoms with van der Waals surface area (Å²) in [6.07, 6.45) is 0.974. The average molecular weight is 247 g/mol. The van der Waals surface area contributed by atoms with Gasteiger partial charge in [0.2, 0.25) is 0 Å². The zero-order valence-corrected chi connectivity index (χ0v) is 11.1. The van der Waals surface area contributed by atoms with E-state index in [9.17, 15) is 4.79 Å². The minimum absolute atomic E-state index is 0.102. The summed E-state index contributed by atoms with van der Waals surface area (Å²) in [5.41, 5.74) is 2.29. The molecule has 0 saturated heterocycles. The third-order valence-electron chi connectivity index (χ3n) is 3.23. The van der Waals surface area contributed by atoms with Gasteiger partial charge in [0.05, 0.1) is 5.69 Å². The number of benzene rings is 1. The van der Waals surface area contributed by atoms with E-state index >= 15 is 0 Å². The lowest BCUT2D eigenvalue weighted by molar-refractivity contribution is 0.210. The van der Waals surface area contributed by atoms with E-state index in [0.29, 0.717) is 6.54 Å². The summed E-state index contributed by atoms with van der Waals surface area (Å²) in [4.78, 5) is 15.8. The van der Waals surface area contributed by atoms with Crippen molar-refractivity contribution in [3.8, 4) is 0 Å². The van der Waals surface area contributed by atoms with Crippen LogP contribution >= 0.6 is 0 Å². The van der Waals surface area contributed by atoms with Crippen molar-refractivity contribution in [1.29, 1.82) is 0 Å². The Bertz CT molecular complexity index is 419. The molecule has 2 rings (SSSR count). The fourth-order valence-electron chi connectivity index (χ4n) is 2.30. The summed E-state index contributed by atoms with van der Waals surface area (Å²) >= 11 is 0. The molecule has 0 unspecified atom stereocenters. The van der Waals surface area contributed by atoms with Crippen molar-refractivity contribution < 1.29 is 4.79 Å². The maximum absolute atomic E-state index is 12.2. The molecule has 1 aromatic rings. The van der Waals surface area contributed by atoms with Crippen molar-refractivity contribution in [1.82, 2.24) is 10.2 Å². The first-order chi connectivity index (χ1) is 8.74. The molecular weight excluding hydrogens is 226 g/mol. The van der Waals surface area contributed by atoms with E-state index in [-0.39, 0.29) is 6.03 Å². The van der Waals surface area contributed by atoms with Gasteiger partial charge >= 0.3 is 6.03 Å². The molecule has 98 valence electrons. The number of nitrogens with zero attached hydrogens (tertiary/aromatic N) is 2. The fraction of sp³-hybridized carbons (Fsp3) is 0.500. The average Bonchev–Trinajstić information content (AvgIpc) is 2.38. The molecule has 0 spiro atoms. The molecule has 4 heteroatoms. The number of hydrogen-bond acceptors (Lipinski definition) is 2. The second kappa shape index (κ2) is 5.87. The second-order valence-electron chi connectivity index (χ2n) is 4.63. The number of carbonyl (C=O) groups excluding carboxylic acids is 1. The molecule has 0 fully saturated rings. The van der Waals surface area contributed by atoms with E-state index in [2.05, 4.69) is 18.3 Å². The van der Waals surface area contributed by atoms with Crippen LogP contribution in [0.4, 0.5) is 10.5 Å². The Hall–Kier alpha value is -1.55. The van der Waals surface area contributed by atoms with Gasteiger partial charge in [0.15, 0.2) is 0 Å². The van der Waals surface area contributed by atoms with Crippen molar-refractivity contribution >= 4 is 11.7 Å². The first-order valence-corrected chi connectivity index (χ1v) is 6.55. The van der Waals surface area contributed by atoms with Crippen molar-refractivity contribution in [2.24, 2.45) is 0 Å². The molecule has 0 aromatic heterocycles. The lowest BCUT2D eigenvalue weighted by atomic mass is 10.1. The van der Waals surface area contributed by atoms with Gasteiger partial charge < -0.3 is 10.2 Å². The third kappa shape index (κ3) is 2.64. The van der Waals surface area contributed by atoms with Crippen LogP contribution < -0.4 is 10.2 Å². The first kappa shape index (κ1) is 12.9. The third-order valence-corrected chi connectivity index (χ3v) is 3.23. The molecule has 1 heterocycles. The molecule has 0 radical (unpaired) electrons. The van der Waals surface area contributed by atoms with Crippen LogP contribution in [-0.4, -0.2) is 37.6 Å². The number of rotatable bonds is 5. The number of para-hydroxylation sites is 1. The fourth-order valence-corrected chi connectivity index (χ4v) is 2.30. The molecule has 4 nitrogen and oxygen atoms in total. The summed E-state index contributed by atoms with van der Waals surface area (Å²) in [6, 6.07) is 8.25. The number of amides is 2. The monoisotopic (exact) mass is 247 g/mol. The highest BCUT2D eigenvalue weighted by Crippen LogP contribution is 2.27. The van der Waals surface area contributed by atoms with Crippen LogP contribution in [0.2, 0.25) is 0 Å². The molecule has 1 aliphatic rings. The van der Waals surface area contributed by atoms with Gasteiger partial charge in [-0.3, -0.25) is 4.90 Å². The zero-order valence-electron chi connectivity index (χ0n) is 11.1. The summed E-state index contributed by atoms with van der Waals surface area (Å²) in [7, 11) is 1.86. The van der Waals surface area contributed by atoms with Gasteiger partial charge in [-0.05, 0) is 31.1 Å². The predicted octanol–water partition coefficient (Wildman–Crippen LogP) is 2.06. The quantitative estimate of drug-likeness (QED) is 0.808. The van der Waals surface area contributed by atoms with Crippen LogP contribution in [-0.2, 0) is 6.54 Å². The lowest BCUT2D eigenvalue weighted by Gasteiger charge is -2.35. The number of fused-ring (bicyclic) bond motifs is 1. The summed E-state index contributed by atoms with van der Waals surface area (Å²) in [5.74, 6) is 0. The largest absolute Gasteiger partial charge is 0.324 e. The predicted molar refractivity (Wildman–Crippen MR) is 73.8 cm³/mol. The number of nitrogens with one attached hydrogen (secondary N) is 1. The van der Waals surface area contributed by atoms with Gasteiger partial charge in [-0.25, -0.2) is 4.79 Å². The molecule has 0 saturated carbocycles. The van der Waals surface area contributed by atoms with Crippen molar-refractivity contribution in [3.05, 3.63) is 29.8 Å². The minimum atomic E-state index is 0.102. The van der Waals surface area contributed by atoms with Gasteiger partial charge in [-0.2, -0.15) is 0 Å². The highest BCUT2D eigenvalue weighted by molar-refractivity contribution is 5.94. The van der Waals surface area contributed by atoms with Gasteiger partial charge in [0.1, 0.15) is 0 Å². The van der Waals surface area contributed by atoms with E-state index in [4.69, 9.17) is 0 Å². The number of anilines is 1. The van der Waals surface area contributed by atoms with E-state index in [1.54, 1.807) is 4.90 Å². The maximum atomic E-state index is 12.2. The molecule has 2 amide bonds. The highest BCUT2D eigenvalue weighted by Gasteiger charge is 2.26. The van der Waals surface area contributed by atoms with E-state index in [1.165, 1.54) is 5.56 Å². The SMILES string of the molecule is CCNCCCN1C(=O)N(C)Cc2ccccc21. The van der Waals surface area contributed by atoms with Crippen LogP contribution in [0.3, 0.4) is 0 Å². The normalized spacial score (nSPS) is 14.9. The number of hydrogen-bond donors (Lipinski definition) is 1. The van der Waals surface area contributed by atoms with E-state index in [0.717, 1.165) is 31.7 Å². The Labute approximate surface area is 109 Å². The maximum Gasteiger partial charge on any atom is 0.324 e. The Morgan fingerprint density at radius 2 is 2.11 bits per heavy atom. The van der Waals surface area contributed by atoms with Gasteiger partial charge in [0, 0.05) is 20.1 Å². The molecule has 1 N–H and O–H groups in total. The van der Waals surface area contributed by atoms with Crippen LogP contribution in [0.15, 0.2) is 24.3 Å². The van der Waals surface area contributed by atoms with Crippen LogP contribution in [0.5, 0.6) is 0 Å². The standard InChI is InChI=1S/C14H21N3O/c1-3-15-9-6-10-17-13-8-5-4-7-12(13)11-16(2)14(17)18/h4-5,7-8,15H,3,6,9-11H2,1-2H3. The molecule has 18 heavy (non-hydrogen) atoms. The Morgan fingerprint density at radius 3 is 2.89 bits per heavy atom. The van der Waals surface area contributed by atoms with Gasteiger partial charge in [-0.15, -0.1) is 0 Å². The molecule has 0 atom stereocenters. The van der Waals surface area contributed by atoms with Crippen molar-refractivity contribution in [3.63, 3.8) is 0 Å². The van der Waals surface area contributed by atoms with Crippen LogP contribution in [0.1, 0.15) is 18.9 Å². The van der Waals surface area contributed by atoms with E-state index < -0.39 is 0 Å². The summed E-state index contributed by atoms with van der Waals surface area (Å²) in [5, 5.41) is 3.29. The van der Waals surface area contributed by atoms with Crippen molar-refractivity contribution in [2.75, 3.05) is 31.6 Å². The highest BCUT2D eigenvalue weighted by atomic mass is 16.2. The zero-order chi connectivity index (χ0) is 13.0. The topological polar surface area (TPSA) is 35.6 Å². The number of urea groups is 1. The summed E-state index contributed by atoms with van der Waals surface area (Å²) < 4.78 is 0. The lowest BCUT2D eigenvalue weighted by Crippen LogP contribution is -2.46. The molecular formula is C14H21N3O. The molecule has 0 aliphatic carbocycles. The van der Waals surface area contributed by atoms with Gasteiger partial charge in [0.25, 0.3) is 0 Å². The Balaban J connectivity index is 2.09. The Kier molecular flexibility index (Phi) is 4.20. The molecule has 1 aliphatic heterocycles. The first-order valence-electron chi connectivity index (χ1n) is 6.55. The van der Waals surface area contributed by atoms with E-state index in [1.807, 2.05) is 30.1 Å². The molecule has 1 aromatic carbocycles. The summed E-state index contributed by atoms with van der Waals surface area (Å²) in [6.45, 7) is 5.50. The molecule has 0 bridgehead atoms.